The standard InChI is InChI=1S/C29H46N2O2/c1-4-6-7-8-9-10-11-12-13-14-21-33-29-24-30-28(23-31-29)26-17-19-27(20-18-26)32-22-15-16-25(3)5-2/h17-20,23-25H,4-16,21-22H2,1-3H3/t25-/m0/s1. The maximum absolute atomic E-state index is 5.86. The summed E-state index contributed by atoms with van der Waals surface area (Å²) in [4.78, 5) is 8.95. The Kier molecular flexibility index (Phi) is 14.3. The minimum Gasteiger partial charge on any atom is -0.494 e. The highest BCUT2D eigenvalue weighted by molar-refractivity contribution is 5.59. The van der Waals surface area contributed by atoms with Gasteiger partial charge in [-0.25, -0.2) is 9.97 Å². The Hall–Kier alpha value is -2.10. The summed E-state index contributed by atoms with van der Waals surface area (Å²) in [6, 6.07) is 8.10. The lowest BCUT2D eigenvalue weighted by Gasteiger charge is -2.10. The van der Waals surface area contributed by atoms with Crippen LogP contribution in [-0.2, 0) is 0 Å². The van der Waals surface area contributed by atoms with E-state index in [9.17, 15) is 0 Å². The molecule has 0 aliphatic heterocycles. The van der Waals surface area contributed by atoms with Gasteiger partial charge in [-0.2, -0.15) is 0 Å². The number of nitrogens with zero attached hydrogens (tertiary/aromatic N) is 2. The fourth-order valence-electron chi connectivity index (χ4n) is 3.85. The molecule has 0 saturated carbocycles. The van der Waals surface area contributed by atoms with Crippen LogP contribution in [0.1, 0.15) is 104 Å². The summed E-state index contributed by atoms with van der Waals surface area (Å²) in [6.07, 6.45) is 20.3. The lowest BCUT2D eigenvalue weighted by molar-refractivity contribution is 0.292. The van der Waals surface area contributed by atoms with Gasteiger partial charge >= 0.3 is 0 Å². The second kappa shape index (κ2) is 17.4. The first kappa shape index (κ1) is 27.1. The van der Waals surface area contributed by atoms with Gasteiger partial charge in [-0.1, -0.05) is 85.0 Å². The first-order chi connectivity index (χ1) is 16.2. The largest absolute Gasteiger partial charge is 0.494 e. The molecule has 2 rings (SSSR count). The molecule has 0 amide bonds. The van der Waals surface area contributed by atoms with Crippen LogP contribution in [0, 0.1) is 5.92 Å². The van der Waals surface area contributed by atoms with Gasteiger partial charge in [0.15, 0.2) is 0 Å². The highest BCUT2D eigenvalue weighted by Crippen LogP contribution is 2.22. The Bertz CT molecular complexity index is 715. The number of unbranched alkanes of at least 4 members (excludes halogenated alkanes) is 9. The Morgan fingerprint density at radius 3 is 1.94 bits per heavy atom. The Balaban J connectivity index is 1.58. The van der Waals surface area contributed by atoms with E-state index < -0.39 is 0 Å². The minimum atomic E-state index is 0.607. The highest BCUT2D eigenvalue weighted by Gasteiger charge is 2.04. The zero-order chi connectivity index (χ0) is 23.6. The predicted molar refractivity (Wildman–Crippen MR) is 139 cm³/mol. The average molecular weight is 455 g/mol. The summed E-state index contributed by atoms with van der Waals surface area (Å²) in [5.41, 5.74) is 1.89. The van der Waals surface area contributed by atoms with Crippen LogP contribution in [-0.4, -0.2) is 23.2 Å². The first-order valence-electron chi connectivity index (χ1n) is 13.4. The van der Waals surface area contributed by atoms with Crippen molar-refractivity contribution in [1.29, 1.82) is 0 Å². The van der Waals surface area contributed by atoms with Crippen molar-refractivity contribution in [2.45, 2.75) is 104 Å². The Labute approximate surface area is 202 Å². The van der Waals surface area contributed by atoms with Crippen molar-refractivity contribution in [2.24, 2.45) is 5.92 Å². The second-order valence-corrected chi connectivity index (χ2v) is 9.30. The van der Waals surface area contributed by atoms with E-state index in [0.717, 1.165) is 42.4 Å². The van der Waals surface area contributed by atoms with E-state index in [2.05, 4.69) is 30.7 Å². The molecule has 0 radical (unpaired) electrons. The first-order valence-corrected chi connectivity index (χ1v) is 13.4. The molecule has 0 unspecified atom stereocenters. The second-order valence-electron chi connectivity index (χ2n) is 9.30. The summed E-state index contributed by atoms with van der Waals surface area (Å²) in [7, 11) is 0. The zero-order valence-corrected chi connectivity index (χ0v) is 21.4. The van der Waals surface area contributed by atoms with Gasteiger partial charge in [0, 0.05) is 5.56 Å². The molecule has 0 spiro atoms. The van der Waals surface area contributed by atoms with Crippen LogP contribution < -0.4 is 9.47 Å². The highest BCUT2D eigenvalue weighted by atomic mass is 16.5. The van der Waals surface area contributed by atoms with Crippen LogP contribution in [0.3, 0.4) is 0 Å². The Morgan fingerprint density at radius 1 is 0.697 bits per heavy atom. The fraction of sp³-hybridized carbons (Fsp3) is 0.655. The van der Waals surface area contributed by atoms with E-state index in [4.69, 9.17) is 9.47 Å². The van der Waals surface area contributed by atoms with Crippen molar-refractivity contribution < 1.29 is 9.47 Å². The third-order valence-electron chi connectivity index (χ3n) is 6.33. The molecule has 1 aromatic heterocycles. The maximum Gasteiger partial charge on any atom is 0.232 e. The molecule has 184 valence electrons. The van der Waals surface area contributed by atoms with E-state index in [0.29, 0.717) is 12.5 Å². The lowest BCUT2D eigenvalue weighted by Crippen LogP contribution is -2.01. The van der Waals surface area contributed by atoms with Crippen LogP contribution in [0.25, 0.3) is 11.3 Å². The normalized spacial score (nSPS) is 12.0. The molecule has 0 aliphatic carbocycles. The molecule has 1 heterocycles. The maximum atomic E-state index is 5.86. The van der Waals surface area contributed by atoms with Gasteiger partial charge in [0.2, 0.25) is 5.88 Å². The molecule has 0 N–H and O–H groups in total. The average Bonchev–Trinajstić information content (AvgIpc) is 2.86. The van der Waals surface area contributed by atoms with Gasteiger partial charge in [0.25, 0.3) is 0 Å². The topological polar surface area (TPSA) is 44.2 Å². The van der Waals surface area contributed by atoms with Gasteiger partial charge < -0.3 is 9.47 Å². The summed E-state index contributed by atoms with van der Waals surface area (Å²) in [5.74, 6) is 2.29. The number of benzene rings is 1. The molecule has 0 fully saturated rings. The monoisotopic (exact) mass is 454 g/mol. The zero-order valence-electron chi connectivity index (χ0n) is 21.4. The van der Waals surface area contributed by atoms with E-state index in [1.807, 2.05) is 24.3 Å². The van der Waals surface area contributed by atoms with Crippen LogP contribution in [0.5, 0.6) is 11.6 Å². The van der Waals surface area contributed by atoms with Crippen molar-refractivity contribution in [1.82, 2.24) is 9.97 Å². The quantitative estimate of drug-likeness (QED) is 0.199. The third-order valence-corrected chi connectivity index (χ3v) is 6.33. The number of hydrogen-bond acceptors (Lipinski definition) is 4. The summed E-state index contributed by atoms with van der Waals surface area (Å²) < 4.78 is 11.6. The summed E-state index contributed by atoms with van der Waals surface area (Å²) in [6.45, 7) is 8.30. The van der Waals surface area contributed by atoms with Crippen molar-refractivity contribution >= 4 is 0 Å². The molecule has 4 nitrogen and oxygen atoms in total. The van der Waals surface area contributed by atoms with Gasteiger partial charge in [-0.3, -0.25) is 0 Å². The Morgan fingerprint density at radius 2 is 1.33 bits per heavy atom. The number of ether oxygens (including phenoxy) is 2. The number of aromatic nitrogens is 2. The van der Waals surface area contributed by atoms with E-state index in [1.54, 1.807) is 12.4 Å². The molecular formula is C29H46N2O2. The van der Waals surface area contributed by atoms with Crippen molar-refractivity contribution in [3.8, 4) is 22.9 Å². The molecule has 33 heavy (non-hydrogen) atoms. The summed E-state index contributed by atoms with van der Waals surface area (Å²) in [5, 5.41) is 0. The van der Waals surface area contributed by atoms with Crippen molar-refractivity contribution in [3.63, 3.8) is 0 Å². The molecule has 1 aromatic carbocycles. The van der Waals surface area contributed by atoms with Crippen molar-refractivity contribution in [3.05, 3.63) is 36.7 Å². The summed E-state index contributed by atoms with van der Waals surface area (Å²) >= 11 is 0. The molecule has 0 aliphatic rings. The molecule has 0 saturated heterocycles. The van der Waals surface area contributed by atoms with Crippen LogP contribution in [0.2, 0.25) is 0 Å². The predicted octanol–water partition coefficient (Wildman–Crippen LogP) is 8.65. The van der Waals surface area contributed by atoms with E-state index >= 15 is 0 Å². The SMILES string of the molecule is CCCCCCCCCCCCOc1cnc(-c2ccc(OCCC[C@@H](C)CC)cc2)cn1. The molecular weight excluding hydrogens is 408 g/mol. The minimum absolute atomic E-state index is 0.607. The molecule has 2 aromatic rings. The third kappa shape index (κ3) is 12.1. The molecule has 4 heteroatoms. The van der Waals surface area contributed by atoms with Gasteiger partial charge in [0.1, 0.15) is 5.75 Å². The van der Waals surface area contributed by atoms with Gasteiger partial charge in [-0.15, -0.1) is 0 Å². The van der Waals surface area contributed by atoms with E-state index in [1.165, 1.54) is 70.6 Å². The lowest BCUT2D eigenvalue weighted by atomic mass is 10.0. The molecule has 0 bridgehead atoms. The van der Waals surface area contributed by atoms with Gasteiger partial charge in [-0.05, 0) is 49.4 Å². The number of hydrogen-bond donors (Lipinski definition) is 0. The van der Waals surface area contributed by atoms with E-state index in [-0.39, 0.29) is 0 Å². The van der Waals surface area contributed by atoms with Gasteiger partial charge in [0.05, 0.1) is 31.3 Å². The number of rotatable bonds is 19. The smallest absolute Gasteiger partial charge is 0.232 e. The fourth-order valence-corrected chi connectivity index (χ4v) is 3.85. The molecule has 1 atom stereocenters. The van der Waals surface area contributed by atoms with Crippen molar-refractivity contribution in [2.75, 3.05) is 13.2 Å². The van der Waals surface area contributed by atoms with Crippen LogP contribution in [0.15, 0.2) is 36.7 Å². The van der Waals surface area contributed by atoms with Crippen LogP contribution in [0.4, 0.5) is 0 Å². The van der Waals surface area contributed by atoms with Crippen LogP contribution >= 0.6 is 0 Å².